The van der Waals surface area contributed by atoms with Gasteiger partial charge in [0, 0.05) is 6.20 Å². The van der Waals surface area contributed by atoms with Gasteiger partial charge in [0.1, 0.15) is 0 Å². The molecule has 70 valence electrons. The van der Waals surface area contributed by atoms with E-state index in [9.17, 15) is 4.79 Å². The lowest BCUT2D eigenvalue weighted by Crippen LogP contribution is -2.12. The van der Waals surface area contributed by atoms with Gasteiger partial charge in [0.25, 0.3) is 0 Å². The number of carboxylic acids is 1. The first kappa shape index (κ1) is 10.2. The van der Waals surface area contributed by atoms with Crippen LogP contribution < -0.4 is 0 Å². The number of aliphatic carboxylic acids is 1. The number of aliphatic hydroxyl groups excluding tert-OH is 1. The maximum Gasteiger partial charge on any atom is 0.338 e. The first-order chi connectivity index (χ1) is 6.02. The van der Waals surface area contributed by atoms with Gasteiger partial charge in [-0.25, -0.2) is 4.79 Å². The second-order valence-electron chi connectivity index (χ2n) is 2.26. The number of carboxylic acid groups (broad SMARTS) is 1. The highest BCUT2D eigenvalue weighted by molar-refractivity contribution is 6.34. The largest absolute Gasteiger partial charge is 0.479 e. The molecule has 0 fully saturated rings. The fourth-order valence-electron chi connectivity index (χ4n) is 0.743. The third-order valence-electron chi connectivity index (χ3n) is 1.33. The second-order valence-corrected chi connectivity index (χ2v) is 3.11. The second kappa shape index (κ2) is 3.91. The molecule has 13 heavy (non-hydrogen) atoms. The molecule has 2 N–H and O–H groups in total. The monoisotopic (exact) mass is 221 g/mol. The highest BCUT2D eigenvalue weighted by Gasteiger charge is 2.20. The maximum atomic E-state index is 10.4. The number of pyridine rings is 1. The van der Waals surface area contributed by atoms with Gasteiger partial charge < -0.3 is 10.2 Å². The molecule has 0 aliphatic carbocycles. The van der Waals surface area contributed by atoms with Crippen molar-refractivity contribution in [1.82, 2.24) is 4.98 Å². The molecule has 1 aromatic rings. The number of hydrogen-bond donors (Lipinski definition) is 2. The normalized spacial score (nSPS) is 12.5. The molecule has 0 aromatic carbocycles. The van der Waals surface area contributed by atoms with Crippen molar-refractivity contribution < 1.29 is 15.0 Å². The fraction of sp³-hybridized carbons (Fsp3) is 0.143. The molecule has 0 saturated heterocycles. The molecule has 1 heterocycles. The molecular weight excluding hydrogens is 217 g/mol. The van der Waals surface area contributed by atoms with Crippen molar-refractivity contribution >= 4 is 29.2 Å². The Balaban J connectivity index is 3.08. The van der Waals surface area contributed by atoms with Crippen molar-refractivity contribution in [3.05, 3.63) is 28.0 Å². The molecule has 0 bridgehead atoms. The molecule has 0 saturated carbocycles. The summed E-state index contributed by atoms with van der Waals surface area (Å²) < 4.78 is 0. The van der Waals surface area contributed by atoms with Crippen LogP contribution in [0, 0.1) is 0 Å². The lowest BCUT2D eigenvalue weighted by molar-refractivity contribution is -0.147. The Labute approximate surface area is 83.7 Å². The Kier molecular flexibility index (Phi) is 3.08. The van der Waals surface area contributed by atoms with E-state index in [1.54, 1.807) is 0 Å². The molecule has 0 aliphatic heterocycles. The summed E-state index contributed by atoms with van der Waals surface area (Å²) in [6, 6.07) is 1.32. The summed E-state index contributed by atoms with van der Waals surface area (Å²) in [6.07, 6.45) is -0.501. The number of nitrogens with zero attached hydrogens (tertiary/aromatic N) is 1. The highest BCUT2D eigenvalue weighted by atomic mass is 35.5. The average molecular weight is 222 g/mol. The van der Waals surface area contributed by atoms with Crippen molar-refractivity contribution in [3.8, 4) is 0 Å². The molecule has 1 atom stereocenters. The molecular formula is C7H5Cl2NO3. The Hall–Kier alpha value is -0.840. The molecule has 0 amide bonds. The van der Waals surface area contributed by atoms with Gasteiger partial charge in [-0.1, -0.05) is 23.2 Å². The summed E-state index contributed by atoms with van der Waals surface area (Å²) >= 11 is 11.1. The van der Waals surface area contributed by atoms with Crippen molar-refractivity contribution in [1.29, 1.82) is 0 Å². The minimum absolute atomic E-state index is 0.0300. The Morgan fingerprint density at radius 1 is 1.54 bits per heavy atom. The zero-order chi connectivity index (χ0) is 10.0. The van der Waals surface area contributed by atoms with Crippen LogP contribution in [-0.4, -0.2) is 21.2 Å². The van der Waals surface area contributed by atoms with Crippen molar-refractivity contribution in [2.24, 2.45) is 0 Å². The minimum atomic E-state index is -1.72. The SMILES string of the molecule is O=C(O)C(O)c1ncc(Cl)cc1Cl. The van der Waals surface area contributed by atoms with Crippen molar-refractivity contribution in [2.45, 2.75) is 6.10 Å². The van der Waals surface area contributed by atoms with Gasteiger partial charge in [0.05, 0.1) is 15.7 Å². The van der Waals surface area contributed by atoms with E-state index in [1.807, 2.05) is 0 Å². The summed E-state index contributed by atoms with van der Waals surface area (Å²) in [4.78, 5) is 14.0. The maximum absolute atomic E-state index is 10.4. The zero-order valence-electron chi connectivity index (χ0n) is 6.24. The van der Waals surface area contributed by atoms with Crippen LogP contribution in [0.4, 0.5) is 0 Å². The molecule has 1 rings (SSSR count). The number of aliphatic hydroxyl groups is 1. The molecule has 0 aliphatic rings. The number of halogens is 2. The third kappa shape index (κ3) is 2.30. The predicted molar refractivity (Wildman–Crippen MR) is 46.9 cm³/mol. The quantitative estimate of drug-likeness (QED) is 0.795. The van der Waals surface area contributed by atoms with Gasteiger partial charge >= 0.3 is 5.97 Å². The van der Waals surface area contributed by atoms with Crippen LogP contribution >= 0.6 is 23.2 Å². The fourth-order valence-corrected chi connectivity index (χ4v) is 1.23. The first-order valence-electron chi connectivity index (χ1n) is 3.24. The van der Waals surface area contributed by atoms with Crippen molar-refractivity contribution in [3.63, 3.8) is 0 Å². The van der Waals surface area contributed by atoms with E-state index >= 15 is 0 Å². The Bertz CT molecular complexity index is 343. The summed E-state index contributed by atoms with van der Waals surface area (Å²) in [5, 5.41) is 17.8. The molecule has 0 radical (unpaired) electrons. The highest BCUT2D eigenvalue weighted by Crippen LogP contribution is 2.23. The lowest BCUT2D eigenvalue weighted by atomic mass is 10.2. The summed E-state index contributed by atoms with van der Waals surface area (Å²) in [5.74, 6) is -1.41. The number of hydrogen-bond acceptors (Lipinski definition) is 3. The van der Waals surface area contributed by atoms with E-state index in [0.717, 1.165) is 0 Å². The van der Waals surface area contributed by atoms with Gasteiger partial charge in [-0.15, -0.1) is 0 Å². The van der Waals surface area contributed by atoms with Gasteiger partial charge in [-0.05, 0) is 6.07 Å². The first-order valence-corrected chi connectivity index (χ1v) is 4.00. The summed E-state index contributed by atoms with van der Waals surface area (Å²) in [6.45, 7) is 0. The third-order valence-corrected chi connectivity index (χ3v) is 1.84. The standard InChI is InChI=1S/C7H5Cl2NO3/c8-3-1-4(9)5(10-2-3)6(11)7(12)13/h1-2,6,11H,(H,12,13). The van der Waals surface area contributed by atoms with Crippen LogP contribution in [0.5, 0.6) is 0 Å². The van der Waals surface area contributed by atoms with Crippen molar-refractivity contribution in [2.75, 3.05) is 0 Å². The minimum Gasteiger partial charge on any atom is -0.479 e. The topological polar surface area (TPSA) is 70.4 Å². The Morgan fingerprint density at radius 3 is 2.62 bits per heavy atom. The summed E-state index contributed by atoms with van der Waals surface area (Å²) in [5.41, 5.74) is -0.112. The van der Waals surface area contributed by atoms with Crippen LogP contribution in [0.25, 0.3) is 0 Å². The molecule has 1 unspecified atom stereocenters. The lowest BCUT2D eigenvalue weighted by Gasteiger charge is -2.06. The molecule has 4 nitrogen and oxygen atoms in total. The smallest absolute Gasteiger partial charge is 0.338 e. The van der Waals surface area contributed by atoms with Gasteiger partial charge in [0.2, 0.25) is 0 Å². The van der Waals surface area contributed by atoms with E-state index in [2.05, 4.69) is 4.98 Å². The van der Waals surface area contributed by atoms with Gasteiger partial charge in [0.15, 0.2) is 6.10 Å². The van der Waals surface area contributed by atoms with Crippen LogP contribution in [0.2, 0.25) is 10.0 Å². The number of rotatable bonds is 2. The van der Waals surface area contributed by atoms with Crippen LogP contribution in [0.1, 0.15) is 11.8 Å². The van der Waals surface area contributed by atoms with Gasteiger partial charge in [-0.3, -0.25) is 4.98 Å². The van der Waals surface area contributed by atoms with E-state index in [1.165, 1.54) is 12.3 Å². The van der Waals surface area contributed by atoms with E-state index in [0.29, 0.717) is 0 Å². The number of carbonyl (C=O) groups is 1. The molecule has 6 heteroatoms. The van der Waals surface area contributed by atoms with E-state index in [4.69, 9.17) is 33.4 Å². The van der Waals surface area contributed by atoms with Crippen LogP contribution in [0.3, 0.4) is 0 Å². The molecule has 0 spiro atoms. The van der Waals surface area contributed by atoms with Crippen LogP contribution in [-0.2, 0) is 4.79 Å². The number of aromatic nitrogens is 1. The predicted octanol–water partition coefficient (Wildman–Crippen LogP) is 1.51. The van der Waals surface area contributed by atoms with Crippen LogP contribution in [0.15, 0.2) is 12.3 Å². The average Bonchev–Trinajstić information content (AvgIpc) is 2.03. The van der Waals surface area contributed by atoms with E-state index < -0.39 is 12.1 Å². The van der Waals surface area contributed by atoms with E-state index in [-0.39, 0.29) is 15.7 Å². The Morgan fingerprint density at radius 2 is 2.15 bits per heavy atom. The zero-order valence-corrected chi connectivity index (χ0v) is 7.75. The molecule has 1 aromatic heterocycles. The van der Waals surface area contributed by atoms with Gasteiger partial charge in [-0.2, -0.15) is 0 Å². The summed E-state index contributed by atoms with van der Waals surface area (Å²) in [7, 11) is 0.